The predicted molar refractivity (Wildman–Crippen MR) is 60.4 cm³/mol. The molecule has 0 aliphatic carbocycles. The molecule has 1 heterocycles. The lowest BCUT2D eigenvalue weighted by atomic mass is 10.1. The molecule has 84 valence electrons. The summed E-state index contributed by atoms with van der Waals surface area (Å²) in [4.78, 5) is 17.3. The standard InChI is InChI=1S/C11H14N4O/c1-8(5-6-12)15(2)11(16)9-4-3-7-14-10(9)13/h3-4,7-8H,5H2,1-2H3,(H2,13,14). The maximum Gasteiger partial charge on any atom is 0.257 e. The zero-order valence-electron chi connectivity index (χ0n) is 9.34. The van der Waals surface area contributed by atoms with Gasteiger partial charge >= 0.3 is 0 Å². The second-order valence-electron chi connectivity index (χ2n) is 3.56. The lowest BCUT2D eigenvalue weighted by Gasteiger charge is -2.23. The van der Waals surface area contributed by atoms with Crippen LogP contribution in [-0.4, -0.2) is 28.9 Å². The van der Waals surface area contributed by atoms with E-state index < -0.39 is 0 Å². The molecule has 1 atom stereocenters. The molecule has 2 N–H and O–H groups in total. The Kier molecular flexibility index (Phi) is 3.84. The molecule has 0 radical (unpaired) electrons. The van der Waals surface area contributed by atoms with Crippen molar-refractivity contribution < 1.29 is 4.79 Å². The average molecular weight is 218 g/mol. The van der Waals surface area contributed by atoms with Gasteiger partial charge in [-0.1, -0.05) is 0 Å². The minimum Gasteiger partial charge on any atom is -0.383 e. The van der Waals surface area contributed by atoms with Gasteiger partial charge in [-0.05, 0) is 19.1 Å². The van der Waals surface area contributed by atoms with Crippen LogP contribution in [0.15, 0.2) is 18.3 Å². The first-order valence-corrected chi connectivity index (χ1v) is 4.92. The van der Waals surface area contributed by atoms with Gasteiger partial charge in [0.25, 0.3) is 5.91 Å². The van der Waals surface area contributed by atoms with Crippen LogP contribution in [0.25, 0.3) is 0 Å². The van der Waals surface area contributed by atoms with Gasteiger partial charge in [0.05, 0.1) is 18.1 Å². The highest BCUT2D eigenvalue weighted by molar-refractivity contribution is 5.98. The summed E-state index contributed by atoms with van der Waals surface area (Å²) in [6, 6.07) is 5.17. The topological polar surface area (TPSA) is 83.0 Å². The van der Waals surface area contributed by atoms with Crippen LogP contribution in [0.5, 0.6) is 0 Å². The summed E-state index contributed by atoms with van der Waals surface area (Å²) in [5.74, 6) is -0.00291. The van der Waals surface area contributed by atoms with E-state index in [1.165, 1.54) is 11.1 Å². The second kappa shape index (κ2) is 5.12. The summed E-state index contributed by atoms with van der Waals surface area (Å²) in [6.07, 6.45) is 1.83. The third-order valence-corrected chi connectivity index (χ3v) is 2.44. The number of hydrogen-bond acceptors (Lipinski definition) is 4. The molecule has 0 spiro atoms. The lowest BCUT2D eigenvalue weighted by molar-refractivity contribution is 0.0747. The van der Waals surface area contributed by atoms with E-state index in [-0.39, 0.29) is 17.8 Å². The normalized spacial score (nSPS) is 11.6. The van der Waals surface area contributed by atoms with Gasteiger partial charge in [0, 0.05) is 19.3 Å². The Labute approximate surface area is 94.5 Å². The van der Waals surface area contributed by atoms with Gasteiger partial charge < -0.3 is 10.6 Å². The van der Waals surface area contributed by atoms with Gasteiger partial charge in [0.1, 0.15) is 5.82 Å². The van der Waals surface area contributed by atoms with Crippen molar-refractivity contribution in [3.05, 3.63) is 23.9 Å². The van der Waals surface area contributed by atoms with E-state index in [1.54, 1.807) is 19.2 Å². The number of nitrogens with zero attached hydrogens (tertiary/aromatic N) is 3. The number of amides is 1. The van der Waals surface area contributed by atoms with Crippen molar-refractivity contribution in [2.24, 2.45) is 0 Å². The Morgan fingerprint density at radius 3 is 3.00 bits per heavy atom. The SMILES string of the molecule is CC(CC#N)N(C)C(=O)c1cccnc1N. The molecule has 0 aromatic carbocycles. The molecule has 0 saturated carbocycles. The number of nitrogen functional groups attached to an aromatic ring is 1. The Balaban J connectivity index is 2.87. The first-order valence-electron chi connectivity index (χ1n) is 4.92. The lowest BCUT2D eigenvalue weighted by Crippen LogP contribution is -2.35. The van der Waals surface area contributed by atoms with Crippen molar-refractivity contribution in [1.29, 1.82) is 5.26 Å². The third kappa shape index (κ3) is 2.48. The molecule has 0 aliphatic rings. The predicted octanol–water partition coefficient (Wildman–Crippen LogP) is 1.04. The summed E-state index contributed by atoms with van der Waals surface area (Å²) in [5.41, 5.74) is 5.98. The van der Waals surface area contributed by atoms with Crippen LogP contribution in [0.4, 0.5) is 5.82 Å². The quantitative estimate of drug-likeness (QED) is 0.821. The summed E-state index contributed by atoms with van der Waals surface area (Å²) < 4.78 is 0. The van der Waals surface area contributed by atoms with Crippen LogP contribution < -0.4 is 5.73 Å². The molecule has 1 rings (SSSR count). The van der Waals surface area contributed by atoms with Gasteiger partial charge in [-0.2, -0.15) is 5.26 Å². The van der Waals surface area contributed by atoms with Gasteiger partial charge in [-0.25, -0.2) is 4.98 Å². The Morgan fingerprint density at radius 1 is 1.75 bits per heavy atom. The number of nitriles is 1. The molecule has 5 nitrogen and oxygen atoms in total. The van der Waals surface area contributed by atoms with Gasteiger partial charge in [-0.3, -0.25) is 4.79 Å². The van der Waals surface area contributed by atoms with Crippen molar-refractivity contribution in [2.75, 3.05) is 12.8 Å². The molecule has 1 amide bonds. The highest BCUT2D eigenvalue weighted by Crippen LogP contribution is 2.12. The van der Waals surface area contributed by atoms with E-state index in [9.17, 15) is 4.79 Å². The molecule has 0 bridgehead atoms. The summed E-state index contributed by atoms with van der Waals surface area (Å²) >= 11 is 0. The molecule has 0 fully saturated rings. The Morgan fingerprint density at radius 2 is 2.44 bits per heavy atom. The number of pyridine rings is 1. The maximum atomic E-state index is 12.0. The molecule has 1 aromatic rings. The highest BCUT2D eigenvalue weighted by Gasteiger charge is 2.19. The molecule has 0 aliphatic heterocycles. The molecular formula is C11H14N4O. The van der Waals surface area contributed by atoms with E-state index in [0.29, 0.717) is 12.0 Å². The van der Waals surface area contributed by atoms with Crippen LogP contribution >= 0.6 is 0 Å². The van der Waals surface area contributed by atoms with Crippen molar-refractivity contribution >= 4 is 11.7 Å². The fourth-order valence-corrected chi connectivity index (χ4v) is 1.26. The number of anilines is 1. The highest BCUT2D eigenvalue weighted by atomic mass is 16.2. The summed E-state index contributed by atoms with van der Waals surface area (Å²) in [7, 11) is 1.65. The Hall–Kier alpha value is -2.09. The third-order valence-electron chi connectivity index (χ3n) is 2.44. The number of hydrogen-bond donors (Lipinski definition) is 1. The van der Waals surface area contributed by atoms with Crippen molar-refractivity contribution in [3.8, 4) is 6.07 Å². The molecule has 0 saturated heterocycles. The van der Waals surface area contributed by atoms with Crippen LogP contribution in [0, 0.1) is 11.3 Å². The van der Waals surface area contributed by atoms with E-state index in [0.717, 1.165) is 0 Å². The average Bonchev–Trinajstić information content (AvgIpc) is 2.28. The number of rotatable bonds is 3. The van der Waals surface area contributed by atoms with Gasteiger partial charge in [0.2, 0.25) is 0 Å². The first-order chi connectivity index (χ1) is 7.57. The Bertz CT molecular complexity index is 424. The molecule has 1 unspecified atom stereocenters. The zero-order chi connectivity index (χ0) is 12.1. The van der Waals surface area contributed by atoms with Crippen LogP contribution in [0.2, 0.25) is 0 Å². The largest absolute Gasteiger partial charge is 0.383 e. The van der Waals surface area contributed by atoms with E-state index in [4.69, 9.17) is 11.0 Å². The van der Waals surface area contributed by atoms with E-state index in [1.807, 2.05) is 13.0 Å². The fourth-order valence-electron chi connectivity index (χ4n) is 1.26. The first kappa shape index (κ1) is 12.0. The van der Waals surface area contributed by atoms with Crippen molar-refractivity contribution in [1.82, 2.24) is 9.88 Å². The second-order valence-corrected chi connectivity index (χ2v) is 3.56. The zero-order valence-corrected chi connectivity index (χ0v) is 9.34. The van der Waals surface area contributed by atoms with E-state index >= 15 is 0 Å². The van der Waals surface area contributed by atoms with E-state index in [2.05, 4.69) is 4.98 Å². The van der Waals surface area contributed by atoms with Gasteiger partial charge in [0.15, 0.2) is 0 Å². The number of carbonyl (C=O) groups is 1. The fraction of sp³-hybridized carbons (Fsp3) is 0.364. The minimum absolute atomic E-state index is 0.142. The maximum absolute atomic E-state index is 12.0. The molecular weight excluding hydrogens is 204 g/mol. The summed E-state index contributed by atoms with van der Waals surface area (Å²) in [5, 5.41) is 8.57. The van der Waals surface area contributed by atoms with Crippen LogP contribution in [-0.2, 0) is 0 Å². The van der Waals surface area contributed by atoms with Crippen molar-refractivity contribution in [3.63, 3.8) is 0 Å². The minimum atomic E-state index is -0.214. The smallest absolute Gasteiger partial charge is 0.257 e. The number of nitrogens with two attached hydrogens (primary N) is 1. The van der Waals surface area contributed by atoms with Crippen LogP contribution in [0.1, 0.15) is 23.7 Å². The van der Waals surface area contributed by atoms with Crippen LogP contribution in [0.3, 0.4) is 0 Å². The monoisotopic (exact) mass is 218 g/mol. The van der Waals surface area contributed by atoms with Gasteiger partial charge in [-0.15, -0.1) is 0 Å². The number of carbonyl (C=O) groups excluding carboxylic acids is 1. The molecule has 16 heavy (non-hydrogen) atoms. The molecule has 5 heteroatoms. The molecule has 1 aromatic heterocycles. The summed E-state index contributed by atoms with van der Waals surface area (Å²) in [6.45, 7) is 1.81. The number of aromatic nitrogens is 1. The van der Waals surface area contributed by atoms with Crippen molar-refractivity contribution in [2.45, 2.75) is 19.4 Å².